The number of nitro benzene ring substituents is 2. The van der Waals surface area contributed by atoms with E-state index in [9.17, 15) is 24.6 Å². The minimum atomic E-state index is -0.589. The Morgan fingerprint density at radius 3 is 1.98 bits per heavy atom. The zero-order valence-electron chi connectivity index (χ0n) is 29.0. The van der Waals surface area contributed by atoms with Gasteiger partial charge in [-0.15, -0.1) is 0 Å². The molecule has 2 aromatic carbocycles. The Morgan fingerprint density at radius 1 is 0.918 bits per heavy atom. The summed E-state index contributed by atoms with van der Waals surface area (Å²) in [5.74, 6) is -0.585. The number of hydrogen-bond donors (Lipinski definition) is 2. The number of nitrogens with zero attached hydrogens (tertiary/aromatic N) is 8. The Kier molecular flexibility index (Phi) is 19.5. The molecule has 0 radical (unpaired) electrons. The molecule has 0 bridgehead atoms. The van der Waals surface area contributed by atoms with E-state index >= 15 is 0 Å². The number of nitrogens with one attached hydrogen (secondary N) is 1. The number of morpholine rings is 2. The first kappa shape index (κ1) is 41.0. The first-order valence-electron chi connectivity index (χ1n) is 16.2. The molecule has 0 unspecified atom stereocenters. The van der Waals surface area contributed by atoms with Crippen LogP contribution in [0.4, 0.5) is 21.5 Å². The number of aryl methyl sites for hydroxylation is 1. The summed E-state index contributed by atoms with van der Waals surface area (Å²) in [6.07, 6.45) is 5.28. The Morgan fingerprint density at radius 2 is 1.45 bits per heavy atom. The molecule has 2 aliphatic heterocycles. The first-order valence-corrected chi connectivity index (χ1v) is 16.2. The summed E-state index contributed by atoms with van der Waals surface area (Å²) in [6, 6.07) is 8.05. The number of halogens is 1. The Balaban J connectivity index is 0.000000260. The number of aliphatic imine (C=N–C) groups is 1. The zero-order chi connectivity index (χ0) is 36.0. The van der Waals surface area contributed by atoms with E-state index in [0.717, 1.165) is 115 Å². The highest BCUT2D eigenvalue weighted by Crippen LogP contribution is 2.23. The summed E-state index contributed by atoms with van der Waals surface area (Å²) < 4.78 is 25.7. The van der Waals surface area contributed by atoms with Crippen LogP contribution in [-0.2, 0) is 16.0 Å². The number of non-ortho nitro benzene ring substituents is 2. The molecular weight excluding hydrogens is 639 g/mol. The lowest BCUT2D eigenvalue weighted by atomic mass is 10.2. The van der Waals surface area contributed by atoms with Gasteiger partial charge < -0.3 is 30.0 Å². The second kappa shape index (κ2) is 23.3. The van der Waals surface area contributed by atoms with Crippen molar-refractivity contribution in [3.8, 4) is 0 Å². The highest BCUT2D eigenvalue weighted by atomic mass is 19.1. The number of aromatic nitrogens is 2. The van der Waals surface area contributed by atoms with Gasteiger partial charge in [0.1, 0.15) is 11.5 Å². The van der Waals surface area contributed by atoms with E-state index in [-0.39, 0.29) is 17.1 Å². The monoisotopic (exact) mass is 690 g/mol. The van der Waals surface area contributed by atoms with Gasteiger partial charge in [-0.2, -0.15) is 0 Å². The Hall–Kier alpha value is -4.13. The minimum absolute atomic E-state index is 0.0436. The van der Waals surface area contributed by atoms with Gasteiger partial charge in [0.15, 0.2) is 0 Å². The van der Waals surface area contributed by atoms with Crippen LogP contribution >= 0.6 is 0 Å². The lowest BCUT2D eigenvalue weighted by Crippen LogP contribution is -2.37. The van der Waals surface area contributed by atoms with E-state index in [2.05, 4.69) is 29.7 Å². The third kappa shape index (κ3) is 15.8. The van der Waals surface area contributed by atoms with Crippen LogP contribution in [0.5, 0.6) is 0 Å². The van der Waals surface area contributed by atoms with Gasteiger partial charge in [-0.3, -0.25) is 30.0 Å². The molecule has 2 saturated heterocycles. The van der Waals surface area contributed by atoms with Gasteiger partial charge in [0.05, 0.1) is 60.0 Å². The molecule has 3 N–H and O–H groups in total. The molecule has 5 rings (SSSR count). The number of ether oxygens (including phenoxy) is 2. The molecule has 3 heterocycles. The summed E-state index contributed by atoms with van der Waals surface area (Å²) in [5, 5.41) is 23.9. The van der Waals surface area contributed by atoms with Crippen molar-refractivity contribution in [3.05, 3.63) is 68.8 Å². The standard InChI is InChI=1S/C14H18N4O3.C9H10FN3O2.C7H16N2O.C2H7N/c19-18(20)12-2-3-14-13(10-12)15-11-17(14)5-1-4-16-6-8-21-9-7-16;1-12(2)6-11-9-5-7(13(14)15)3-4-8(9)10;8-2-1-3-9-4-6-10-7-5-9;1-3-2/h2-3,10-11H,1,4-9H2;3-6H,1-2H3;1-8H2;3H,1-2H3. The molecule has 2 fully saturated rings. The molecule has 0 atom stereocenters. The van der Waals surface area contributed by atoms with Crippen LogP contribution in [0.1, 0.15) is 12.8 Å². The lowest BCUT2D eigenvalue weighted by Gasteiger charge is -2.26. The minimum Gasteiger partial charge on any atom is -0.379 e. The fourth-order valence-corrected chi connectivity index (χ4v) is 4.66. The summed E-state index contributed by atoms with van der Waals surface area (Å²) in [6.45, 7) is 11.4. The van der Waals surface area contributed by atoms with Crippen molar-refractivity contribution in [1.82, 2.24) is 29.6 Å². The van der Waals surface area contributed by atoms with E-state index in [4.69, 9.17) is 15.2 Å². The number of nitro groups is 2. The third-order valence-electron chi connectivity index (χ3n) is 7.14. The highest BCUT2D eigenvalue weighted by Gasteiger charge is 2.13. The molecule has 0 saturated carbocycles. The molecule has 1 aromatic heterocycles. The van der Waals surface area contributed by atoms with Gasteiger partial charge in [-0.25, -0.2) is 14.4 Å². The number of benzene rings is 2. The van der Waals surface area contributed by atoms with E-state index in [1.807, 2.05) is 14.1 Å². The van der Waals surface area contributed by atoms with Crippen molar-refractivity contribution < 1.29 is 23.7 Å². The van der Waals surface area contributed by atoms with E-state index < -0.39 is 15.7 Å². The Labute approximate surface area is 287 Å². The zero-order valence-corrected chi connectivity index (χ0v) is 29.0. The quantitative estimate of drug-likeness (QED) is 0.130. The molecule has 0 amide bonds. The lowest BCUT2D eigenvalue weighted by molar-refractivity contribution is -0.385. The van der Waals surface area contributed by atoms with E-state index in [0.29, 0.717) is 5.52 Å². The average molecular weight is 691 g/mol. The maximum atomic E-state index is 13.1. The molecule has 49 heavy (non-hydrogen) atoms. The van der Waals surface area contributed by atoms with Crippen molar-refractivity contribution in [2.45, 2.75) is 19.4 Å². The van der Waals surface area contributed by atoms with E-state index in [1.54, 1.807) is 31.4 Å². The highest BCUT2D eigenvalue weighted by molar-refractivity contribution is 5.77. The fraction of sp³-hybridized carbons (Fsp3) is 0.562. The number of fused-ring (bicyclic) bond motifs is 1. The molecule has 272 valence electrons. The van der Waals surface area contributed by atoms with Crippen LogP contribution in [-0.4, -0.2) is 141 Å². The van der Waals surface area contributed by atoms with Crippen LogP contribution in [0, 0.1) is 26.0 Å². The van der Waals surface area contributed by atoms with E-state index in [1.165, 1.54) is 18.5 Å². The molecule has 3 aromatic rings. The topological polar surface area (TPSA) is 183 Å². The second-order valence-corrected chi connectivity index (χ2v) is 11.4. The van der Waals surface area contributed by atoms with Crippen molar-refractivity contribution in [2.24, 2.45) is 10.7 Å². The molecule has 0 aliphatic carbocycles. The SMILES string of the molecule is CN(C)C=Nc1cc([N+](=O)[O-])ccc1F.CNC.NCCCN1CCOCC1.O=[N+]([O-])c1ccc2c(c1)ncn2CCCN1CCOCC1. The normalized spacial score (nSPS) is 15.0. The molecular formula is C32H51FN10O6. The molecule has 16 nitrogen and oxygen atoms in total. The van der Waals surface area contributed by atoms with Gasteiger partial charge in [0, 0.05) is 77.6 Å². The van der Waals surface area contributed by atoms with Crippen LogP contribution in [0.15, 0.2) is 47.7 Å². The predicted octanol–water partition coefficient (Wildman–Crippen LogP) is 3.13. The maximum absolute atomic E-state index is 13.1. The summed E-state index contributed by atoms with van der Waals surface area (Å²) >= 11 is 0. The van der Waals surface area contributed by atoms with Gasteiger partial charge in [0.2, 0.25) is 0 Å². The van der Waals surface area contributed by atoms with Crippen LogP contribution in [0.25, 0.3) is 11.0 Å². The van der Waals surface area contributed by atoms with Crippen molar-refractivity contribution in [3.63, 3.8) is 0 Å². The van der Waals surface area contributed by atoms with Crippen LogP contribution in [0.3, 0.4) is 0 Å². The number of nitrogens with two attached hydrogens (primary N) is 1. The van der Waals surface area contributed by atoms with Gasteiger partial charge in [0.25, 0.3) is 11.4 Å². The van der Waals surface area contributed by atoms with Gasteiger partial charge >= 0.3 is 0 Å². The molecule has 0 spiro atoms. The van der Waals surface area contributed by atoms with Crippen molar-refractivity contribution in [2.75, 3.05) is 100 Å². The predicted molar refractivity (Wildman–Crippen MR) is 189 cm³/mol. The summed E-state index contributed by atoms with van der Waals surface area (Å²) in [7, 11) is 7.19. The van der Waals surface area contributed by atoms with Gasteiger partial charge in [-0.05, 0) is 52.2 Å². The summed E-state index contributed by atoms with van der Waals surface area (Å²) in [4.78, 5) is 34.6. The summed E-state index contributed by atoms with van der Waals surface area (Å²) in [5.41, 5.74) is 6.87. The van der Waals surface area contributed by atoms with Crippen molar-refractivity contribution in [1.29, 1.82) is 0 Å². The second-order valence-electron chi connectivity index (χ2n) is 11.4. The van der Waals surface area contributed by atoms with Crippen LogP contribution in [0.2, 0.25) is 0 Å². The maximum Gasteiger partial charge on any atom is 0.271 e. The van der Waals surface area contributed by atoms with Gasteiger partial charge in [-0.1, -0.05) is 0 Å². The smallest absolute Gasteiger partial charge is 0.271 e. The van der Waals surface area contributed by atoms with Crippen molar-refractivity contribution >= 4 is 34.4 Å². The Bertz CT molecular complexity index is 1430. The largest absolute Gasteiger partial charge is 0.379 e. The number of imidazole rings is 1. The first-order chi connectivity index (χ1) is 23.6. The third-order valence-corrected chi connectivity index (χ3v) is 7.14. The average Bonchev–Trinajstić information content (AvgIpc) is 3.51. The van der Waals surface area contributed by atoms with Crippen LogP contribution < -0.4 is 11.1 Å². The molecule has 2 aliphatic rings. The molecule has 17 heteroatoms. The number of rotatable bonds is 11. The number of hydrogen-bond acceptors (Lipinski definition) is 12. The fourth-order valence-electron chi connectivity index (χ4n) is 4.66.